The van der Waals surface area contributed by atoms with Crippen molar-refractivity contribution in [2.45, 2.75) is 13.0 Å². The van der Waals surface area contributed by atoms with Crippen molar-refractivity contribution in [3.05, 3.63) is 122 Å². The minimum Gasteiger partial charge on any atom is -0.503 e. The van der Waals surface area contributed by atoms with Crippen LogP contribution in [-0.4, -0.2) is 16.8 Å². The molecule has 6 rings (SSSR count). The third-order valence-corrected chi connectivity index (χ3v) is 7.73. The van der Waals surface area contributed by atoms with Gasteiger partial charge in [0.1, 0.15) is 23.1 Å². The monoisotopic (exact) mass is 585 g/mol. The van der Waals surface area contributed by atoms with Gasteiger partial charge in [0.2, 0.25) is 5.78 Å². The molecule has 188 valence electrons. The number of carbonyl (C=O) groups is 2. The van der Waals surface area contributed by atoms with E-state index in [1.54, 1.807) is 36.4 Å². The molecule has 3 aromatic carbocycles. The van der Waals surface area contributed by atoms with Crippen LogP contribution in [0.5, 0.6) is 11.5 Å². The van der Waals surface area contributed by atoms with Gasteiger partial charge in [-0.2, -0.15) is 0 Å². The number of aliphatic hydroxyl groups is 1. The van der Waals surface area contributed by atoms with E-state index >= 15 is 0 Å². The molecule has 1 N–H and O–H groups in total. The molecule has 1 atom stereocenters. The first-order valence-corrected chi connectivity index (χ1v) is 13.4. The number of anilines is 1. The lowest BCUT2D eigenvalue weighted by atomic mass is 10.00. The fourth-order valence-corrected chi connectivity index (χ4v) is 5.77. The van der Waals surface area contributed by atoms with E-state index in [0.717, 1.165) is 20.3 Å². The fraction of sp³-hybridized carbons (Fsp3) is 0.0667. The summed E-state index contributed by atoms with van der Waals surface area (Å²) in [7, 11) is 0. The normalized spacial score (nSPS) is 15.5. The quantitative estimate of drug-likeness (QED) is 0.203. The van der Waals surface area contributed by atoms with Crippen molar-refractivity contribution in [3.63, 3.8) is 0 Å². The number of ether oxygens (including phenoxy) is 1. The largest absolute Gasteiger partial charge is 0.503 e. The first kappa shape index (κ1) is 24.2. The lowest BCUT2D eigenvalue weighted by molar-refractivity contribution is -0.117. The molecular weight excluding hydrogens is 566 g/mol. The Balaban J connectivity index is 1.36. The molecule has 3 heterocycles. The van der Waals surface area contributed by atoms with Crippen LogP contribution < -0.4 is 9.64 Å². The average molecular weight is 586 g/mol. The van der Waals surface area contributed by atoms with Crippen LogP contribution >= 0.6 is 27.3 Å². The maximum atomic E-state index is 13.7. The van der Waals surface area contributed by atoms with Crippen molar-refractivity contribution in [2.24, 2.45) is 0 Å². The Kier molecular flexibility index (Phi) is 6.13. The standard InChI is InChI=1S/C30H20BrNO5S/c1-17-4-2-5-22(14-17)36-21-10-8-20(9-11-21)32-27(25-6-3-13-38-25)26(29(34)30(32)35)28(33)24-16-18-15-19(31)7-12-23(18)37-24/h2-16,27,34H,1H3. The van der Waals surface area contributed by atoms with Gasteiger partial charge in [0.25, 0.3) is 5.91 Å². The number of Topliss-reactive ketones (excluding diaryl/α,β-unsaturated/α-hetero) is 1. The van der Waals surface area contributed by atoms with Crippen LogP contribution in [0.3, 0.4) is 0 Å². The lowest BCUT2D eigenvalue weighted by Gasteiger charge is -2.25. The number of benzene rings is 3. The zero-order valence-corrected chi connectivity index (χ0v) is 22.5. The first-order valence-electron chi connectivity index (χ1n) is 11.8. The SMILES string of the molecule is Cc1cccc(Oc2ccc(N3C(=O)C(O)=C(C(=O)c4cc5cc(Br)ccc5o4)C3c3cccs3)cc2)c1. The Labute approximate surface area is 230 Å². The maximum absolute atomic E-state index is 13.7. The summed E-state index contributed by atoms with van der Waals surface area (Å²) in [4.78, 5) is 29.3. The number of halogens is 1. The highest BCUT2D eigenvalue weighted by Gasteiger charge is 2.45. The van der Waals surface area contributed by atoms with Crippen LogP contribution in [0.25, 0.3) is 11.0 Å². The van der Waals surface area contributed by atoms with Crippen molar-refractivity contribution < 1.29 is 23.8 Å². The van der Waals surface area contributed by atoms with Gasteiger partial charge in [-0.1, -0.05) is 34.1 Å². The van der Waals surface area contributed by atoms with Crippen LogP contribution in [0, 0.1) is 6.92 Å². The summed E-state index contributed by atoms with van der Waals surface area (Å²) in [5.74, 6) is -0.425. The molecule has 1 amide bonds. The number of thiophene rings is 1. The highest BCUT2D eigenvalue weighted by Crippen LogP contribution is 2.44. The Morgan fingerprint density at radius 2 is 1.82 bits per heavy atom. The second kappa shape index (κ2) is 9.63. The van der Waals surface area contributed by atoms with Gasteiger partial charge >= 0.3 is 0 Å². The van der Waals surface area contributed by atoms with Gasteiger partial charge in [0.05, 0.1) is 5.57 Å². The van der Waals surface area contributed by atoms with Gasteiger partial charge in [-0.15, -0.1) is 11.3 Å². The molecule has 0 saturated heterocycles. The van der Waals surface area contributed by atoms with Crippen molar-refractivity contribution in [1.82, 2.24) is 0 Å². The predicted molar refractivity (Wildman–Crippen MR) is 150 cm³/mol. The second-order valence-corrected chi connectivity index (χ2v) is 10.8. The summed E-state index contributed by atoms with van der Waals surface area (Å²) >= 11 is 4.82. The number of rotatable bonds is 6. The Morgan fingerprint density at radius 1 is 1.00 bits per heavy atom. The molecule has 1 unspecified atom stereocenters. The number of aryl methyl sites for hydroxylation is 1. The minimum absolute atomic E-state index is 0.0179. The summed E-state index contributed by atoms with van der Waals surface area (Å²) in [6.45, 7) is 1.99. The Hall–Kier alpha value is -4.14. The highest BCUT2D eigenvalue weighted by molar-refractivity contribution is 9.10. The van der Waals surface area contributed by atoms with Crippen LogP contribution in [-0.2, 0) is 4.79 Å². The predicted octanol–water partition coefficient (Wildman–Crippen LogP) is 8.14. The maximum Gasteiger partial charge on any atom is 0.294 e. The highest BCUT2D eigenvalue weighted by atomic mass is 79.9. The number of ketones is 1. The van der Waals surface area contributed by atoms with E-state index in [4.69, 9.17) is 9.15 Å². The van der Waals surface area contributed by atoms with Gasteiger partial charge in [0.15, 0.2) is 11.5 Å². The van der Waals surface area contributed by atoms with Crippen LogP contribution in [0.4, 0.5) is 5.69 Å². The smallest absolute Gasteiger partial charge is 0.294 e. The zero-order chi connectivity index (χ0) is 26.4. The molecule has 0 fully saturated rings. The van der Waals surface area contributed by atoms with E-state index in [1.165, 1.54) is 16.2 Å². The Bertz CT molecular complexity index is 1720. The van der Waals surface area contributed by atoms with E-state index in [0.29, 0.717) is 22.8 Å². The van der Waals surface area contributed by atoms with E-state index in [1.807, 2.05) is 60.8 Å². The van der Waals surface area contributed by atoms with E-state index in [9.17, 15) is 14.7 Å². The topological polar surface area (TPSA) is 80.0 Å². The van der Waals surface area contributed by atoms with Gasteiger partial charge in [-0.3, -0.25) is 14.5 Å². The number of aliphatic hydroxyl groups excluding tert-OH is 1. The number of hydrogen-bond donors (Lipinski definition) is 1. The molecule has 0 spiro atoms. The van der Waals surface area contributed by atoms with Gasteiger partial charge in [-0.05, 0) is 84.6 Å². The molecule has 8 heteroatoms. The summed E-state index contributed by atoms with van der Waals surface area (Å²) in [6, 6.07) is 24.6. The first-order chi connectivity index (χ1) is 18.4. The number of fused-ring (bicyclic) bond motifs is 1. The van der Waals surface area contributed by atoms with Crippen molar-refractivity contribution in [2.75, 3.05) is 4.90 Å². The van der Waals surface area contributed by atoms with Crippen LogP contribution in [0.2, 0.25) is 0 Å². The summed E-state index contributed by atoms with van der Waals surface area (Å²) < 4.78 is 12.6. The molecule has 0 aliphatic carbocycles. The molecule has 0 bridgehead atoms. The van der Waals surface area contributed by atoms with Gasteiger partial charge in [0, 0.05) is 20.4 Å². The summed E-state index contributed by atoms with van der Waals surface area (Å²) in [5, 5.41) is 13.6. The van der Waals surface area contributed by atoms with Crippen LogP contribution in [0.1, 0.15) is 27.0 Å². The van der Waals surface area contributed by atoms with Crippen molar-refractivity contribution in [3.8, 4) is 11.5 Å². The fourth-order valence-electron chi connectivity index (χ4n) is 4.57. The van der Waals surface area contributed by atoms with E-state index < -0.39 is 23.5 Å². The van der Waals surface area contributed by atoms with Gasteiger partial charge in [-0.25, -0.2) is 0 Å². The second-order valence-electron chi connectivity index (χ2n) is 8.89. The minimum atomic E-state index is -0.807. The van der Waals surface area contributed by atoms with E-state index in [-0.39, 0.29) is 11.3 Å². The number of amides is 1. The number of carbonyl (C=O) groups excluding carboxylic acids is 2. The molecule has 38 heavy (non-hydrogen) atoms. The molecule has 5 aromatic rings. The number of nitrogens with zero attached hydrogens (tertiary/aromatic N) is 1. The van der Waals surface area contributed by atoms with Crippen LogP contribution in [0.15, 0.2) is 111 Å². The molecule has 6 nitrogen and oxygen atoms in total. The molecular formula is C30H20BrNO5S. The Morgan fingerprint density at radius 3 is 2.55 bits per heavy atom. The summed E-state index contributed by atoms with van der Waals surface area (Å²) in [5.41, 5.74) is 2.12. The molecule has 1 aliphatic heterocycles. The molecule has 0 saturated carbocycles. The van der Waals surface area contributed by atoms with E-state index in [2.05, 4.69) is 15.9 Å². The third kappa shape index (κ3) is 4.31. The number of hydrogen-bond acceptors (Lipinski definition) is 6. The lowest BCUT2D eigenvalue weighted by Crippen LogP contribution is -2.30. The van der Waals surface area contributed by atoms with Crippen molar-refractivity contribution >= 4 is 55.6 Å². The zero-order valence-electron chi connectivity index (χ0n) is 20.1. The number of furan rings is 1. The third-order valence-electron chi connectivity index (χ3n) is 6.31. The molecule has 2 aromatic heterocycles. The average Bonchev–Trinajstić information content (AvgIpc) is 3.63. The van der Waals surface area contributed by atoms with Crippen molar-refractivity contribution in [1.29, 1.82) is 0 Å². The summed E-state index contributed by atoms with van der Waals surface area (Å²) in [6.07, 6.45) is 0. The molecule has 1 aliphatic rings. The van der Waals surface area contributed by atoms with Gasteiger partial charge < -0.3 is 14.3 Å². The molecule has 0 radical (unpaired) electrons.